The quantitative estimate of drug-likeness (QED) is 0.797. The molecule has 0 aromatic carbocycles. The number of aliphatic carboxylic acids is 1. The third-order valence-corrected chi connectivity index (χ3v) is 4.45. The monoisotopic (exact) mass is 326 g/mol. The summed E-state index contributed by atoms with van der Waals surface area (Å²) in [4.78, 5) is 37.0. The SMILES string of the molecule is COC1CC(CC(=O)O)N(C(=O)CNC(=O)c2cccs2)C1. The van der Waals surface area contributed by atoms with Gasteiger partial charge in [0.2, 0.25) is 5.91 Å². The molecule has 0 saturated carbocycles. The molecule has 2 N–H and O–H groups in total. The first-order valence-corrected chi connectivity index (χ1v) is 7.75. The smallest absolute Gasteiger partial charge is 0.305 e. The molecule has 7 nitrogen and oxygen atoms in total. The van der Waals surface area contributed by atoms with Crippen LogP contribution in [0.4, 0.5) is 0 Å². The van der Waals surface area contributed by atoms with E-state index in [1.54, 1.807) is 17.5 Å². The molecule has 1 aromatic rings. The Bertz CT molecular complexity index is 545. The van der Waals surface area contributed by atoms with Crippen molar-refractivity contribution >= 4 is 29.1 Å². The molecule has 1 aliphatic heterocycles. The molecule has 2 atom stereocenters. The highest BCUT2D eigenvalue weighted by Gasteiger charge is 2.36. The Morgan fingerprint density at radius 1 is 1.50 bits per heavy atom. The molecule has 2 unspecified atom stereocenters. The van der Waals surface area contributed by atoms with Crippen LogP contribution in [0.2, 0.25) is 0 Å². The van der Waals surface area contributed by atoms with E-state index in [-0.39, 0.29) is 30.9 Å². The molecule has 8 heteroatoms. The van der Waals surface area contributed by atoms with Gasteiger partial charge in [-0.15, -0.1) is 11.3 Å². The number of methoxy groups -OCH3 is 1. The highest BCUT2D eigenvalue weighted by Crippen LogP contribution is 2.22. The standard InChI is InChI=1S/C14H18N2O5S/c1-21-10-5-9(6-13(18)19)16(8-10)12(17)7-15-14(20)11-3-2-4-22-11/h2-4,9-10H,5-8H2,1H3,(H,15,20)(H,18,19). The number of nitrogens with zero attached hydrogens (tertiary/aromatic N) is 1. The van der Waals surface area contributed by atoms with Crippen LogP contribution in [0.5, 0.6) is 0 Å². The van der Waals surface area contributed by atoms with E-state index in [0.29, 0.717) is 17.8 Å². The van der Waals surface area contributed by atoms with Crippen molar-refractivity contribution in [2.75, 3.05) is 20.2 Å². The fourth-order valence-electron chi connectivity index (χ4n) is 2.50. The number of ether oxygens (including phenoxy) is 1. The predicted molar refractivity (Wildman–Crippen MR) is 79.8 cm³/mol. The topological polar surface area (TPSA) is 95.9 Å². The van der Waals surface area contributed by atoms with Crippen molar-refractivity contribution in [1.82, 2.24) is 10.2 Å². The Morgan fingerprint density at radius 3 is 2.86 bits per heavy atom. The highest BCUT2D eigenvalue weighted by molar-refractivity contribution is 7.12. The average Bonchev–Trinajstić information content (AvgIpc) is 3.13. The van der Waals surface area contributed by atoms with Crippen LogP contribution in [0.25, 0.3) is 0 Å². The Labute approximate surface area is 131 Å². The minimum Gasteiger partial charge on any atom is -0.481 e. The van der Waals surface area contributed by atoms with E-state index in [1.165, 1.54) is 23.3 Å². The Kier molecular flexibility index (Phi) is 5.51. The minimum atomic E-state index is -0.956. The molecule has 0 bridgehead atoms. The molecular weight excluding hydrogens is 308 g/mol. The van der Waals surface area contributed by atoms with Gasteiger partial charge in [0.1, 0.15) is 0 Å². The summed E-state index contributed by atoms with van der Waals surface area (Å²) in [6.45, 7) is 0.200. The molecule has 0 radical (unpaired) electrons. The van der Waals surface area contributed by atoms with Crippen LogP contribution in [0.15, 0.2) is 17.5 Å². The lowest BCUT2D eigenvalue weighted by molar-refractivity contribution is -0.139. The predicted octanol–water partition coefficient (Wildman–Crippen LogP) is 0.568. The summed E-state index contributed by atoms with van der Waals surface area (Å²) in [6.07, 6.45) is 0.207. The van der Waals surface area contributed by atoms with Crippen LogP contribution in [-0.4, -0.2) is 60.1 Å². The van der Waals surface area contributed by atoms with E-state index < -0.39 is 12.0 Å². The highest BCUT2D eigenvalue weighted by atomic mass is 32.1. The number of carbonyl (C=O) groups is 3. The van der Waals surface area contributed by atoms with Crippen LogP contribution in [0.1, 0.15) is 22.5 Å². The van der Waals surface area contributed by atoms with Crippen LogP contribution in [0, 0.1) is 0 Å². The number of thiophene rings is 1. The summed E-state index contributed by atoms with van der Waals surface area (Å²) in [6, 6.07) is 3.04. The number of amides is 2. The lowest BCUT2D eigenvalue weighted by Gasteiger charge is -2.23. The third kappa shape index (κ3) is 4.05. The Hall–Kier alpha value is -1.93. The van der Waals surface area contributed by atoms with Crippen molar-refractivity contribution in [1.29, 1.82) is 0 Å². The second-order valence-electron chi connectivity index (χ2n) is 5.05. The third-order valence-electron chi connectivity index (χ3n) is 3.59. The van der Waals surface area contributed by atoms with Crippen LogP contribution in [0.3, 0.4) is 0 Å². The van der Waals surface area contributed by atoms with Gasteiger partial charge >= 0.3 is 5.97 Å². The molecule has 0 aliphatic carbocycles. The largest absolute Gasteiger partial charge is 0.481 e. The number of carboxylic acid groups (broad SMARTS) is 1. The number of hydrogen-bond acceptors (Lipinski definition) is 5. The summed E-state index contributed by atoms with van der Waals surface area (Å²) in [7, 11) is 1.54. The maximum Gasteiger partial charge on any atom is 0.305 e. The Balaban J connectivity index is 1.92. The zero-order valence-electron chi connectivity index (χ0n) is 12.2. The van der Waals surface area contributed by atoms with Gasteiger partial charge in [-0.3, -0.25) is 14.4 Å². The maximum atomic E-state index is 12.2. The lowest BCUT2D eigenvalue weighted by Crippen LogP contribution is -2.43. The van der Waals surface area contributed by atoms with Crippen molar-refractivity contribution in [3.8, 4) is 0 Å². The maximum absolute atomic E-state index is 12.2. The summed E-state index contributed by atoms with van der Waals surface area (Å²) in [5.74, 6) is -1.56. The van der Waals surface area contributed by atoms with Crippen molar-refractivity contribution < 1.29 is 24.2 Å². The molecule has 0 spiro atoms. The van der Waals surface area contributed by atoms with E-state index in [4.69, 9.17) is 9.84 Å². The van der Waals surface area contributed by atoms with Crippen LogP contribution in [-0.2, 0) is 14.3 Å². The molecule has 1 fully saturated rings. The Morgan fingerprint density at radius 2 is 2.27 bits per heavy atom. The molecule has 120 valence electrons. The van der Waals surface area contributed by atoms with Gasteiger partial charge in [-0.05, 0) is 17.9 Å². The molecule has 1 aromatic heterocycles. The second kappa shape index (κ2) is 7.37. The molecule has 22 heavy (non-hydrogen) atoms. The summed E-state index contributed by atoms with van der Waals surface area (Å²) >= 11 is 1.29. The van der Waals surface area contributed by atoms with Gasteiger partial charge in [-0.2, -0.15) is 0 Å². The lowest BCUT2D eigenvalue weighted by atomic mass is 10.1. The van der Waals surface area contributed by atoms with Gasteiger partial charge in [0.25, 0.3) is 5.91 Å². The number of carboxylic acids is 1. The van der Waals surface area contributed by atoms with E-state index >= 15 is 0 Å². The zero-order valence-corrected chi connectivity index (χ0v) is 13.0. The zero-order chi connectivity index (χ0) is 16.1. The summed E-state index contributed by atoms with van der Waals surface area (Å²) in [5.41, 5.74) is 0. The van der Waals surface area contributed by atoms with E-state index in [1.807, 2.05) is 0 Å². The molecule has 1 aliphatic rings. The van der Waals surface area contributed by atoms with Crippen LogP contribution < -0.4 is 5.32 Å². The fourth-order valence-corrected chi connectivity index (χ4v) is 3.14. The number of nitrogens with one attached hydrogen (secondary N) is 1. The second-order valence-corrected chi connectivity index (χ2v) is 6.00. The average molecular weight is 326 g/mol. The van der Waals surface area contributed by atoms with Crippen LogP contribution >= 0.6 is 11.3 Å². The number of rotatable bonds is 6. The first-order valence-electron chi connectivity index (χ1n) is 6.87. The fraction of sp³-hybridized carbons (Fsp3) is 0.500. The van der Waals surface area contributed by atoms with Gasteiger partial charge in [0.15, 0.2) is 0 Å². The molecule has 2 rings (SSSR count). The van der Waals surface area contributed by atoms with Gasteiger partial charge in [0, 0.05) is 19.7 Å². The molecule has 2 amide bonds. The summed E-state index contributed by atoms with van der Waals surface area (Å²) < 4.78 is 5.22. The van der Waals surface area contributed by atoms with Gasteiger partial charge < -0.3 is 20.1 Å². The van der Waals surface area contributed by atoms with Gasteiger partial charge in [0.05, 0.1) is 23.9 Å². The number of likely N-dealkylation sites (tertiary alicyclic amines) is 1. The number of hydrogen-bond donors (Lipinski definition) is 2. The van der Waals surface area contributed by atoms with E-state index in [0.717, 1.165) is 0 Å². The first kappa shape index (κ1) is 16.4. The van der Waals surface area contributed by atoms with E-state index in [9.17, 15) is 14.4 Å². The van der Waals surface area contributed by atoms with Crippen molar-refractivity contribution in [3.63, 3.8) is 0 Å². The van der Waals surface area contributed by atoms with Gasteiger partial charge in [-0.25, -0.2) is 0 Å². The summed E-state index contributed by atoms with van der Waals surface area (Å²) in [5, 5.41) is 13.3. The minimum absolute atomic E-state index is 0.121. The normalized spacial score (nSPS) is 20.9. The van der Waals surface area contributed by atoms with Crippen molar-refractivity contribution in [2.24, 2.45) is 0 Å². The van der Waals surface area contributed by atoms with Gasteiger partial charge in [-0.1, -0.05) is 6.07 Å². The van der Waals surface area contributed by atoms with E-state index in [2.05, 4.69) is 5.32 Å². The molecule has 1 saturated heterocycles. The van der Waals surface area contributed by atoms with Crippen molar-refractivity contribution in [2.45, 2.75) is 25.0 Å². The molecular formula is C14H18N2O5S. The number of carbonyl (C=O) groups excluding carboxylic acids is 2. The first-order chi connectivity index (χ1) is 10.5. The molecule has 2 heterocycles. The van der Waals surface area contributed by atoms with Crippen molar-refractivity contribution in [3.05, 3.63) is 22.4 Å².